The van der Waals surface area contributed by atoms with Crippen molar-refractivity contribution in [2.75, 3.05) is 13.2 Å². The van der Waals surface area contributed by atoms with Gasteiger partial charge >= 0.3 is 6.18 Å². The van der Waals surface area contributed by atoms with E-state index in [1.54, 1.807) is 0 Å². The molecule has 0 bridgehead atoms. The van der Waals surface area contributed by atoms with Crippen LogP contribution >= 0.6 is 0 Å². The third-order valence-electron chi connectivity index (χ3n) is 2.55. The number of pyridine rings is 1. The summed E-state index contributed by atoms with van der Waals surface area (Å²) in [5.41, 5.74) is -0.957. The zero-order valence-electron chi connectivity index (χ0n) is 10.4. The van der Waals surface area contributed by atoms with E-state index >= 15 is 0 Å². The maximum absolute atomic E-state index is 12.3. The van der Waals surface area contributed by atoms with E-state index in [0.717, 1.165) is 18.3 Å². The van der Waals surface area contributed by atoms with Crippen molar-refractivity contribution in [2.24, 2.45) is 5.92 Å². The summed E-state index contributed by atoms with van der Waals surface area (Å²) >= 11 is 0. The third-order valence-corrected chi connectivity index (χ3v) is 2.55. The minimum absolute atomic E-state index is 0.0267. The zero-order chi connectivity index (χ0) is 14.5. The fourth-order valence-electron chi connectivity index (χ4n) is 1.39. The number of halogens is 3. The molecule has 0 aromatic carbocycles. The lowest BCUT2D eigenvalue weighted by molar-refractivity contribution is -0.141. The van der Waals surface area contributed by atoms with Gasteiger partial charge in [0.05, 0.1) is 5.56 Å². The molecule has 1 amide bonds. The predicted octanol–water partition coefficient (Wildman–Crippen LogP) is 1.85. The normalized spacial score (nSPS) is 13.1. The lowest BCUT2D eigenvalue weighted by atomic mass is 10.1. The van der Waals surface area contributed by atoms with Crippen LogP contribution < -0.4 is 5.32 Å². The summed E-state index contributed by atoms with van der Waals surface area (Å²) in [5, 5.41) is 11.3. The molecule has 0 spiro atoms. The highest BCUT2D eigenvalue weighted by Crippen LogP contribution is 2.27. The van der Waals surface area contributed by atoms with Crippen molar-refractivity contribution in [1.29, 1.82) is 0 Å². The van der Waals surface area contributed by atoms with Crippen LogP contribution in [0.5, 0.6) is 0 Å². The molecule has 7 heteroatoms. The Labute approximate surface area is 108 Å². The summed E-state index contributed by atoms with van der Waals surface area (Å²) in [6.45, 7) is 2.22. The van der Waals surface area contributed by atoms with E-state index in [4.69, 9.17) is 5.11 Å². The van der Waals surface area contributed by atoms with E-state index in [1.165, 1.54) is 0 Å². The molecule has 0 saturated heterocycles. The number of aromatic nitrogens is 1. The van der Waals surface area contributed by atoms with Crippen molar-refractivity contribution in [3.8, 4) is 0 Å². The quantitative estimate of drug-likeness (QED) is 0.862. The SMILES string of the molecule is CC(CCO)CNC(=O)c1ccc(C(F)(F)F)nc1. The summed E-state index contributed by atoms with van der Waals surface area (Å²) in [6, 6.07) is 1.86. The van der Waals surface area contributed by atoms with E-state index in [0.29, 0.717) is 13.0 Å². The Balaban J connectivity index is 2.59. The van der Waals surface area contributed by atoms with Gasteiger partial charge in [0.2, 0.25) is 0 Å². The second-order valence-corrected chi connectivity index (χ2v) is 4.26. The number of nitrogens with zero attached hydrogens (tertiary/aromatic N) is 1. The van der Waals surface area contributed by atoms with Crippen LogP contribution in [0.3, 0.4) is 0 Å². The van der Waals surface area contributed by atoms with Gasteiger partial charge in [-0.2, -0.15) is 13.2 Å². The van der Waals surface area contributed by atoms with Crippen molar-refractivity contribution in [3.05, 3.63) is 29.6 Å². The molecule has 0 fully saturated rings. The highest BCUT2D eigenvalue weighted by atomic mass is 19.4. The molecule has 1 unspecified atom stereocenters. The monoisotopic (exact) mass is 276 g/mol. The van der Waals surface area contributed by atoms with Crippen LogP contribution in [0.1, 0.15) is 29.4 Å². The van der Waals surface area contributed by atoms with Crippen molar-refractivity contribution in [1.82, 2.24) is 10.3 Å². The maximum Gasteiger partial charge on any atom is 0.433 e. The van der Waals surface area contributed by atoms with Crippen LogP contribution in [-0.2, 0) is 6.18 Å². The van der Waals surface area contributed by atoms with Crippen molar-refractivity contribution < 1.29 is 23.1 Å². The standard InChI is InChI=1S/C12H15F3N2O2/c1-8(4-5-18)6-17-11(19)9-2-3-10(16-7-9)12(13,14)15/h2-3,7-8,18H,4-6H2,1H3,(H,17,19). The highest BCUT2D eigenvalue weighted by molar-refractivity contribution is 5.93. The lowest BCUT2D eigenvalue weighted by Crippen LogP contribution is -2.28. The van der Waals surface area contributed by atoms with Gasteiger partial charge in [-0.15, -0.1) is 0 Å². The number of carbonyl (C=O) groups excluding carboxylic acids is 1. The van der Waals surface area contributed by atoms with Gasteiger partial charge < -0.3 is 10.4 Å². The van der Waals surface area contributed by atoms with E-state index < -0.39 is 17.8 Å². The first kappa shape index (κ1) is 15.4. The second kappa shape index (κ2) is 6.51. The zero-order valence-corrected chi connectivity index (χ0v) is 10.4. The number of nitrogens with one attached hydrogen (secondary N) is 1. The van der Waals surface area contributed by atoms with Gasteiger partial charge in [0.25, 0.3) is 5.91 Å². The molecule has 0 aliphatic rings. The maximum atomic E-state index is 12.3. The van der Waals surface area contributed by atoms with Crippen LogP contribution in [0.25, 0.3) is 0 Å². The first-order valence-corrected chi connectivity index (χ1v) is 5.77. The minimum Gasteiger partial charge on any atom is -0.396 e. The fraction of sp³-hybridized carbons (Fsp3) is 0.500. The molecule has 1 atom stereocenters. The molecular formula is C12H15F3N2O2. The number of amides is 1. The molecule has 1 rings (SSSR count). The van der Waals surface area contributed by atoms with Crippen LogP contribution in [0.2, 0.25) is 0 Å². The average molecular weight is 276 g/mol. The Morgan fingerprint density at radius 1 is 1.47 bits per heavy atom. The molecule has 4 nitrogen and oxygen atoms in total. The summed E-state index contributed by atoms with van der Waals surface area (Å²) < 4.78 is 36.8. The largest absolute Gasteiger partial charge is 0.433 e. The Kier molecular flexibility index (Phi) is 5.29. The fourth-order valence-corrected chi connectivity index (χ4v) is 1.39. The number of aliphatic hydroxyl groups excluding tert-OH is 1. The van der Waals surface area contributed by atoms with Gasteiger partial charge in [0.1, 0.15) is 5.69 Å². The number of rotatable bonds is 5. The topological polar surface area (TPSA) is 62.2 Å². The summed E-state index contributed by atoms with van der Waals surface area (Å²) in [4.78, 5) is 14.8. The number of aliphatic hydroxyl groups is 1. The van der Waals surface area contributed by atoms with Gasteiger partial charge in [-0.3, -0.25) is 9.78 Å². The molecule has 1 aromatic rings. The first-order valence-electron chi connectivity index (χ1n) is 5.77. The lowest BCUT2D eigenvalue weighted by Gasteiger charge is -2.11. The van der Waals surface area contributed by atoms with Crippen LogP contribution in [0, 0.1) is 5.92 Å². The summed E-state index contributed by atoms with van der Waals surface area (Å²) in [6.07, 6.45) is -3.06. The van der Waals surface area contributed by atoms with E-state index in [2.05, 4.69) is 10.3 Å². The summed E-state index contributed by atoms with van der Waals surface area (Å²) in [5.74, 6) is -0.387. The molecule has 0 saturated carbocycles. The van der Waals surface area contributed by atoms with E-state index in [1.807, 2.05) is 6.92 Å². The van der Waals surface area contributed by atoms with E-state index in [9.17, 15) is 18.0 Å². The Bertz CT molecular complexity index is 418. The van der Waals surface area contributed by atoms with Crippen LogP contribution in [0.4, 0.5) is 13.2 Å². The molecule has 19 heavy (non-hydrogen) atoms. The van der Waals surface area contributed by atoms with Crippen molar-refractivity contribution in [2.45, 2.75) is 19.5 Å². The second-order valence-electron chi connectivity index (χ2n) is 4.26. The average Bonchev–Trinajstić information content (AvgIpc) is 2.35. The molecule has 0 aliphatic carbocycles. The predicted molar refractivity (Wildman–Crippen MR) is 62.4 cm³/mol. The highest BCUT2D eigenvalue weighted by Gasteiger charge is 2.32. The molecule has 106 valence electrons. The Morgan fingerprint density at radius 3 is 2.63 bits per heavy atom. The number of alkyl halides is 3. The molecule has 1 aromatic heterocycles. The molecular weight excluding hydrogens is 261 g/mol. The van der Waals surface area contributed by atoms with Crippen LogP contribution in [-0.4, -0.2) is 29.1 Å². The molecule has 0 radical (unpaired) electrons. The van der Waals surface area contributed by atoms with E-state index in [-0.39, 0.29) is 18.1 Å². The van der Waals surface area contributed by atoms with Crippen molar-refractivity contribution >= 4 is 5.91 Å². The molecule has 2 N–H and O–H groups in total. The number of hydrogen-bond acceptors (Lipinski definition) is 3. The smallest absolute Gasteiger partial charge is 0.396 e. The van der Waals surface area contributed by atoms with Gasteiger partial charge in [-0.05, 0) is 24.5 Å². The van der Waals surface area contributed by atoms with Gasteiger partial charge in [-0.25, -0.2) is 0 Å². The number of hydrogen-bond donors (Lipinski definition) is 2. The van der Waals surface area contributed by atoms with Gasteiger partial charge in [0, 0.05) is 19.3 Å². The minimum atomic E-state index is -4.51. The molecule has 1 heterocycles. The Hall–Kier alpha value is -1.63. The molecule has 0 aliphatic heterocycles. The first-order chi connectivity index (χ1) is 8.84. The van der Waals surface area contributed by atoms with Gasteiger partial charge in [-0.1, -0.05) is 6.92 Å². The third kappa shape index (κ3) is 4.86. The van der Waals surface area contributed by atoms with Gasteiger partial charge in [0.15, 0.2) is 0 Å². The van der Waals surface area contributed by atoms with Crippen molar-refractivity contribution in [3.63, 3.8) is 0 Å². The number of carbonyl (C=O) groups is 1. The van der Waals surface area contributed by atoms with Crippen LogP contribution in [0.15, 0.2) is 18.3 Å². The Morgan fingerprint density at radius 2 is 2.16 bits per heavy atom. The summed E-state index contributed by atoms with van der Waals surface area (Å²) in [7, 11) is 0.